The molecule has 106 valence electrons. The minimum Gasteiger partial charge on any atom is -0.497 e. The average Bonchev–Trinajstić information content (AvgIpc) is 3.18. The highest BCUT2D eigenvalue weighted by Gasteiger charge is 2.29. The van der Waals surface area contributed by atoms with E-state index in [9.17, 15) is 0 Å². The Labute approximate surface area is 132 Å². The number of hydrogen-bond acceptors (Lipinski definition) is 3. The summed E-state index contributed by atoms with van der Waals surface area (Å²) in [6.45, 7) is 2.01. The van der Waals surface area contributed by atoms with Gasteiger partial charge in [-0.2, -0.15) is 11.3 Å². The second-order valence-electron chi connectivity index (χ2n) is 5.23. The van der Waals surface area contributed by atoms with Crippen LogP contribution in [0.2, 0.25) is 0 Å². The molecule has 0 radical (unpaired) electrons. The maximum Gasteiger partial charge on any atom is 0.119 e. The summed E-state index contributed by atoms with van der Waals surface area (Å²) in [6, 6.07) is 9.17. The van der Waals surface area contributed by atoms with Crippen molar-refractivity contribution in [1.29, 1.82) is 0 Å². The number of halogens is 1. The van der Waals surface area contributed by atoms with Gasteiger partial charge in [0.1, 0.15) is 5.75 Å². The molecular formula is C16H18BrNOS. The molecule has 2 aromatic rings. The first-order chi connectivity index (χ1) is 9.76. The van der Waals surface area contributed by atoms with Crippen LogP contribution in [0.1, 0.15) is 24.0 Å². The summed E-state index contributed by atoms with van der Waals surface area (Å²) in [6.07, 6.45) is 2.65. The second-order valence-corrected chi connectivity index (χ2v) is 6.86. The van der Waals surface area contributed by atoms with Gasteiger partial charge < -0.3 is 4.74 Å². The van der Waals surface area contributed by atoms with Crippen molar-refractivity contribution in [2.24, 2.45) is 0 Å². The van der Waals surface area contributed by atoms with Crippen LogP contribution in [0.25, 0.3) is 0 Å². The lowest BCUT2D eigenvalue weighted by Crippen LogP contribution is -2.25. The Balaban J connectivity index is 1.76. The van der Waals surface area contributed by atoms with Crippen molar-refractivity contribution in [3.8, 4) is 5.75 Å². The molecule has 0 N–H and O–H groups in total. The normalized spacial score (nSPS) is 14.8. The first kappa shape index (κ1) is 14.1. The number of methoxy groups -OCH3 is 1. The van der Waals surface area contributed by atoms with Crippen molar-refractivity contribution in [1.82, 2.24) is 4.90 Å². The lowest BCUT2D eigenvalue weighted by Gasteiger charge is -2.22. The summed E-state index contributed by atoms with van der Waals surface area (Å²) in [5, 5.41) is 4.40. The standard InChI is InChI=1S/C16H18BrNOS/c1-19-15-4-5-16(17)13(8-15)10-18(14-2-3-14)9-12-6-7-20-11-12/h4-8,11,14H,2-3,9-10H2,1H3. The quantitative estimate of drug-likeness (QED) is 0.748. The molecule has 1 aromatic heterocycles. The molecule has 0 saturated heterocycles. The Kier molecular flexibility index (Phi) is 4.44. The zero-order valence-electron chi connectivity index (χ0n) is 11.5. The Hall–Kier alpha value is -0.840. The van der Waals surface area contributed by atoms with Gasteiger partial charge in [0.05, 0.1) is 7.11 Å². The maximum atomic E-state index is 5.34. The summed E-state index contributed by atoms with van der Waals surface area (Å²) >= 11 is 5.43. The van der Waals surface area contributed by atoms with Crippen LogP contribution >= 0.6 is 27.3 Å². The van der Waals surface area contributed by atoms with Crippen LogP contribution in [-0.4, -0.2) is 18.1 Å². The molecule has 1 saturated carbocycles. The van der Waals surface area contributed by atoms with Crippen LogP contribution in [-0.2, 0) is 13.1 Å². The predicted molar refractivity (Wildman–Crippen MR) is 87.3 cm³/mol. The molecule has 1 fully saturated rings. The zero-order chi connectivity index (χ0) is 13.9. The van der Waals surface area contributed by atoms with Crippen LogP contribution in [0.4, 0.5) is 0 Å². The van der Waals surface area contributed by atoms with Gasteiger partial charge in [-0.05, 0) is 59.0 Å². The molecule has 3 rings (SSSR count). The third kappa shape index (κ3) is 3.43. The topological polar surface area (TPSA) is 12.5 Å². The van der Waals surface area contributed by atoms with Crippen molar-refractivity contribution in [3.05, 3.63) is 50.6 Å². The van der Waals surface area contributed by atoms with Gasteiger partial charge in [-0.1, -0.05) is 15.9 Å². The van der Waals surface area contributed by atoms with Crippen LogP contribution in [0.5, 0.6) is 5.75 Å². The first-order valence-corrected chi connectivity index (χ1v) is 8.57. The van der Waals surface area contributed by atoms with Crippen LogP contribution in [0.3, 0.4) is 0 Å². The van der Waals surface area contributed by atoms with E-state index in [0.29, 0.717) is 0 Å². The van der Waals surface area contributed by atoms with Gasteiger partial charge in [0, 0.05) is 23.6 Å². The van der Waals surface area contributed by atoms with E-state index in [-0.39, 0.29) is 0 Å². The fourth-order valence-corrected chi connectivity index (χ4v) is 3.42. The van der Waals surface area contributed by atoms with Crippen molar-refractivity contribution in [2.75, 3.05) is 7.11 Å². The van der Waals surface area contributed by atoms with E-state index in [1.165, 1.54) is 24.0 Å². The molecule has 20 heavy (non-hydrogen) atoms. The molecule has 0 aliphatic heterocycles. The number of rotatable bonds is 6. The SMILES string of the molecule is COc1ccc(Br)c(CN(Cc2ccsc2)C2CC2)c1. The van der Waals surface area contributed by atoms with Crippen LogP contribution in [0, 0.1) is 0 Å². The molecule has 0 amide bonds. The van der Waals surface area contributed by atoms with Crippen molar-refractivity contribution < 1.29 is 4.74 Å². The van der Waals surface area contributed by atoms with E-state index in [2.05, 4.69) is 49.8 Å². The number of hydrogen-bond donors (Lipinski definition) is 0. The van der Waals surface area contributed by atoms with E-state index < -0.39 is 0 Å². The Bertz CT molecular complexity index is 566. The molecule has 1 heterocycles. The summed E-state index contributed by atoms with van der Waals surface area (Å²) in [5.74, 6) is 0.925. The fraction of sp³-hybridized carbons (Fsp3) is 0.375. The second kappa shape index (κ2) is 6.29. The number of benzene rings is 1. The highest BCUT2D eigenvalue weighted by atomic mass is 79.9. The third-order valence-corrected chi connectivity index (χ3v) is 5.16. The highest BCUT2D eigenvalue weighted by Crippen LogP contribution is 2.32. The Morgan fingerprint density at radius 3 is 2.80 bits per heavy atom. The number of thiophene rings is 1. The van der Waals surface area contributed by atoms with Gasteiger partial charge in [-0.3, -0.25) is 4.90 Å². The molecule has 1 aromatic carbocycles. The van der Waals surface area contributed by atoms with Gasteiger partial charge in [-0.25, -0.2) is 0 Å². The van der Waals surface area contributed by atoms with Crippen molar-refractivity contribution in [2.45, 2.75) is 32.0 Å². The summed E-state index contributed by atoms with van der Waals surface area (Å²) < 4.78 is 6.50. The van der Waals surface area contributed by atoms with E-state index >= 15 is 0 Å². The summed E-state index contributed by atoms with van der Waals surface area (Å²) in [4.78, 5) is 2.57. The van der Waals surface area contributed by atoms with Gasteiger partial charge in [0.25, 0.3) is 0 Å². The molecule has 0 unspecified atom stereocenters. The minimum atomic E-state index is 0.744. The highest BCUT2D eigenvalue weighted by molar-refractivity contribution is 9.10. The van der Waals surface area contributed by atoms with E-state index in [4.69, 9.17) is 4.74 Å². The van der Waals surface area contributed by atoms with E-state index in [1.807, 2.05) is 6.07 Å². The summed E-state index contributed by atoms with van der Waals surface area (Å²) in [5.41, 5.74) is 2.72. The van der Waals surface area contributed by atoms with Crippen LogP contribution in [0.15, 0.2) is 39.5 Å². The number of nitrogens with zero attached hydrogens (tertiary/aromatic N) is 1. The largest absolute Gasteiger partial charge is 0.497 e. The monoisotopic (exact) mass is 351 g/mol. The molecule has 4 heteroatoms. The molecule has 0 atom stereocenters. The smallest absolute Gasteiger partial charge is 0.119 e. The molecule has 0 bridgehead atoms. The van der Waals surface area contributed by atoms with Gasteiger partial charge in [0.15, 0.2) is 0 Å². The minimum absolute atomic E-state index is 0.744. The third-order valence-electron chi connectivity index (χ3n) is 3.66. The van der Waals surface area contributed by atoms with E-state index in [1.54, 1.807) is 18.4 Å². The Morgan fingerprint density at radius 1 is 1.30 bits per heavy atom. The zero-order valence-corrected chi connectivity index (χ0v) is 13.9. The molecule has 1 aliphatic rings. The van der Waals surface area contributed by atoms with E-state index in [0.717, 1.165) is 29.4 Å². The Morgan fingerprint density at radius 2 is 2.15 bits per heavy atom. The lowest BCUT2D eigenvalue weighted by atomic mass is 10.2. The molecule has 2 nitrogen and oxygen atoms in total. The molecular weight excluding hydrogens is 334 g/mol. The first-order valence-electron chi connectivity index (χ1n) is 6.84. The average molecular weight is 352 g/mol. The summed E-state index contributed by atoms with van der Waals surface area (Å²) in [7, 11) is 1.72. The predicted octanol–water partition coefficient (Wildman–Crippen LogP) is 4.68. The fourth-order valence-electron chi connectivity index (χ4n) is 2.39. The molecule has 0 spiro atoms. The molecule has 1 aliphatic carbocycles. The lowest BCUT2D eigenvalue weighted by molar-refractivity contribution is 0.245. The van der Waals surface area contributed by atoms with Gasteiger partial charge in [0.2, 0.25) is 0 Å². The van der Waals surface area contributed by atoms with Gasteiger partial charge in [-0.15, -0.1) is 0 Å². The van der Waals surface area contributed by atoms with Crippen LogP contribution < -0.4 is 4.74 Å². The number of ether oxygens (including phenoxy) is 1. The maximum absolute atomic E-state index is 5.34. The van der Waals surface area contributed by atoms with Gasteiger partial charge >= 0.3 is 0 Å². The van der Waals surface area contributed by atoms with Crippen molar-refractivity contribution in [3.63, 3.8) is 0 Å². The van der Waals surface area contributed by atoms with Crippen molar-refractivity contribution >= 4 is 27.3 Å².